The van der Waals surface area contributed by atoms with Crippen molar-refractivity contribution in [1.82, 2.24) is 4.31 Å². The molecular formula is C13H20N2O3S. The first-order valence-electron chi connectivity index (χ1n) is 6.58. The number of sulfonamides is 1. The van der Waals surface area contributed by atoms with Gasteiger partial charge in [-0.15, -0.1) is 0 Å². The minimum absolute atomic E-state index is 0.135. The van der Waals surface area contributed by atoms with E-state index in [1.54, 1.807) is 19.1 Å². The van der Waals surface area contributed by atoms with Gasteiger partial charge in [-0.2, -0.15) is 4.31 Å². The molecule has 0 unspecified atom stereocenters. The molecule has 19 heavy (non-hydrogen) atoms. The molecule has 0 spiro atoms. The smallest absolute Gasteiger partial charge is 0.243 e. The molecular weight excluding hydrogens is 264 g/mol. The zero-order valence-electron chi connectivity index (χ0n) is 11.1. The molecule has 0 aliphatic carbocycles. The maximum Gasteiger partial charge on any atom is 0.243 e. The second kappa shape index (κ2) is 5.90. The van der Waals surface area contributed by atoms with Crippen LogP contribution in [0.1, 0.15) is 18.9 Å². The van der Waals surface area contributed by atoms with Crippen LogP contribution in [0.5, 0.6) is 0 Å². The van der Waals surface area contributed by atoms with Crippen LogP contribution in [-0.4, -0.2) is 44.1 Å². The Morgan fingerprint density at radius 3 is 2.89 bits per heavy atom. The van der Waals surface area contributed by atoms with E-state index in [-0.39, 0.29) is 13.2 Å². The number of nitrogens with zero attached hydrogens (tertiary/aromatic N) is 1. The van der Waals surface area contributed by atoms with Crippen LogP contribution in [-0.2, 0) is 16.4 Å². The van der Waals surface area contributed by atoms with Gasteiger partial charge in [0.05, 0.1) is 11.5 Å². The number of nitrogens with one attached hydrogen (secondary N) is 1. The van der Waals surface area contributed by atoms with E-state index in [1.807, 2.05) is 6.07 Å². The van der Waals surface area contributed by atoms with Crippen LogP contribution in [0, 0.1) is 0 Å². The molecule has 1 aromatic rings. The maximum atomic E-state index is 12.6. The minimum Gasteiger partial charge on any atom is -0.395 e. The van der Waals surface area contributed by atoms with Crippen molar-refractivity contribution in [2.45, 2.75) is 24.7 Å². The number of fused-ring (bicyclic) bond motifs is 1. The summed E-state index contributed by atoms with van der Waals surface area (Å²) in [6.45, 7) is 2.99. The van der Waals surface area contributed by atoms with Gasteiger partial charge in [-0.3, -0.25) is 0 Å². The highest BCUT2D eigenvalue weighted by atomic mass is 32.2. The second-order valence-corrected chi connectivity index (χ2v) is 6.44. The summed E-state index contributed by atoms with van der Waals surface area (Å²) in [5.41, 5.74) is 1.78. The lowest BCUT2D eigenvalue weighted by molar-refractivity contribution is 0.257. The standard InChI is InChI=1S/C13H20N2O3S/c1-2-15(9-10-16)19(17,18)13-7-3-6-12-11(13)5-4-8-14-12/h3,6-7,14,16H,2,4-5,8-10H2,1H3. The summed E-state index contributed by atoms with van der Waals surface area (Å²) in [6, 6.07) is 5.33. The molecule has 1 aliphatic rings. The van der Waals surface area contributed by atoms with E-state index in [1.165, 1.54) is 4.31 Å². The monoisotopic (exact) mass is 284 g/mol. The van der Waals surface area contributed by atoms with Crippen molar-refractivity contribution >= 4 is 15.7 Å². The molecule has 6 heteroatoms. The van der Waals surface area contributed by atoms with E-state index in [4.69, 9.17) is 5.11 Å². The lowest BCUT2D eigenvalue weighted by atomic mass is 10.0. The Labute approximate surface area is 114 Å². The summed E-state index contributed by atoms with van der Waals surface area (Å²) in [5, 5.41) is 12.2. The first kappa shape index (κ1) is 14.3. The third-order valence-corrected chi connectivity index (χ3v) is 5.43. The Bertz CT molecular complexity index is 543. The van der Waals surface area contributed by atoms with E-state index in [9.17, 15) is 8.42 Å². The quantitative estimate of drug-likeness (QED) is 0.848. The van der Waals surface area contributed by atoms with Crippen LogP contribution in [0.4, 0.5) is 5.69 Å². The highest BCUT2D eigenvalue weighted by Crippen LogP contribution is 2.30. The average Bonchev–Trinajstić information content (AvgIpc) is 2.43. The van der Waals surface area contributed by atoms with Gasteiger partial charge in [-0.1, -0.05) is 13.0 Å². The van der Waals surface area contributed by atoms with E-state index >= 15 is 0 Å². The maximum absolute atomic E-state index is 12.6. The number of benzene rings is 1. The summed E-state index contributed by atoms with van der Waals surface area (Å²) < 4.78 is 26.5. The van der Waals surface area contributed by atoms with Crippen molar-refractivity contribution in [1.29, 1.82) is 0 Å². The van der Waals surface area contributed by atoms with Crippen LogP contribution in [0.25, 0.3) is 0 Å². The predicted octanol–water partition coefficient (Wildman–Crippen LogP) is 1.05. The number of rotatable bonds is 5. The summed E-state index contributed by atoms with van der Waals surface area (Å²) in [5.74, 6) is 0. The number of aliphatic hydroxyl groups is 1. The second-order valence-electron chi connectivity index (χ2n) is 4.53. The van der Waals surface area contributed by atoms with Crippen LogP contribution >= 0.6 is 0 Å². The van der Waals surface area contributed by atoms with Gasteiger partial charge in [0.15, 0.2) is 0 Å². The Morgan fingerprint density at radius 1 is 1.42 bits per heavy atom. The minimum atomic E-state index is -3.52. The van der Waals surface area contributed by atoms with Crippen molar-refractivity contribution in [2.24, 2.45) is 0 Å². The highest BCUT2D eigenvalue weighted by Gasteiger charge is 2.27. The van der Waals surface area contributed by atoms with E-state index in [0.717, 1.165) is 30.6 Å². The number of hydrogen-bond donors (Lipinski definition) is 2. The number of hydrogen-bond acceptors (Lipinski definition) is 4. The van der Waals surface area contributed by atoms with Gasteiger partial charge in [0.1, 0.15) is 0 Å². The molecule has 0 aromatic heterocycles. The van der Waals surface area contributed by atoms with E-state index in [0.29, 0.717) is 11.4 Å². The topological polar surface area (TPSA) is 69.6 Å². The molecule has 0 amide bonds. The van der Waals surface area contributed by atoms with Gasteiger partial charge in [0.25, 0.3) is 0 Å². The Kier molecular flexibility index (Phi) is 4.44. The summed E-state index contributed by atoms with van der Waals surface area (Å²) in [6.07, 6.45) is 1.71. The van der Waals surface area contributed by atoms with Gasteiger partial charge < -0.3 is 10.4 Å². The highest BCUT2D eigenvalue weighted by molar-refractivity contribution is 7.89. The summed E-state index contributed by atoms with van der Waals surface area (Å²) in [4.78, 5) is 0.368. The van der Waals surface area contributed by atoms with Crippen molar-refractivity contribution in [3.63, 3.8) is 0 Å². The summed E-state index contributed by atoms with van der Waals surface area (Å²) in [7, 11) is -3.52. The Morgan fingerprint density at radius 2 is 2.21 bits per heavy atom. The molecule has 106 valence electrons. The first-order valence-corrected chi connectivity index (χ1v) is 8.02. The molecule has 2 N–H and O–H groups in total. The fraction of sp³-hybridized carbons (Fsp3) is 0.538. The van der Waals surface area contributed by atoms with Crippen LogP contribution in [0.3, 0.4) is 0 Å². The van der Waals surface area contributed by atoms with Gasteiger partial charge in [0.2, 0.25) is 10.0 Å². The van der Waals surface area contributed by atoms with Crippen molar-refractivity contribution in [3.05, 3.63) is 23.8 Å². The fourth-order valence-electron chi connectivity index (χ4n) is 2.42. The van der Waals surface area contributed by atoms with Crippen molar-refractivity contribution in [2.75, 3.05) is 31.6 Å². The number of aliphatic hydroxyl groups excluding tert-OH is 1. The zero-order valence-corrected chi connectivity index (χ0v) is 11.9. The molecule has 0 saturated heterocycles. The third-order valence-electron chi connectivity index (χ3n) is 3.37. The van der Waals surface area contributed by atoms with Gasteiger partial charge in [-0.05, 0) is 30.5 Å². The molecule has 0 saturated carbocycles. The third kappa shape index (κ3) is 2.75. The van der Waals surface area contributed by atoms with Gasteiger partial charge in [-0.25, -0.2) is 8.42 Å². The first-order chi connectivity index (χ1) is 9.11. The average molecular weight is 284 g/mol. The summed E-state index contributed by atoms with van der Waals surface area (Å²) >= 11 is 0. The largest absolute Gasteiger partial charge is 0.395 e. The normalized spacial score (nSPS) is 15.1. The predicted molar refractivity (Wildman–Crippen MR) is 74.8 cm³/mol. The molecule has 1 aromatic carbocycles. The Balaban J connectivity index is 2.45. The van der Waals surface area contributed by atoms with Crippen molar-refractivity contribution < 1.29 is 13.5 Å². The fourth-order valence-corrected chi connectivity index (χ4v) is 4.13. The molecule has 0 radical (unpaired) electrons. The number of anilines is 1. The lowest BCUT2D eigenvalue weighted by Crippen LogP contribution is -2.34. The molecule has 1 aliphatic heterocycles. The van der Waals surface area contributed by atoms with Crippen molar-refractivity contribution in [3.8, 4) is 0 Å². The lowest BCUT2D eigenvalue weighted by Gasteiger charge is -2.25. The van der Waals surface area contributed by atoms with Crippen LogP contribution in [0.15, 0.2) is 23.1 Å². The van der Waals surface area contributed by atoms with E-state index < -0.39 is 10.0 Å². The molecule has 2 rings (SSSR count). The molecule has 0 atom stereocenters. The SMILES string of the molecule is CCN(CCO)S(=O)(=O)c1cccc2c1CCCN2. The van der Waals surface area contributed by atoms with Crippen LogP contribution in [0.2, 0.25) is 0 Å². The molecule has 1 heterocycles. The Hall–Kier alpha value is -1.11. The molecule has 0 bridgehead atoms. The van der Waals surface area contributed by atoms with Gasteiger partial charge in [0, 0.05) is 25.3 Å². The molecule has 0 fully saturated rings. The molecule has 5 nitrogen and oxygen atoms in total. The van der Waals surface area contributed by atoms with E-state index in [2.05, 4.69) is 5.32 Å². The zero-order chi connectivity index (χ0) is 13.9. The van der Waals surface area contributed by atoms with Gasteiger partial charge >= 0.3 is 0 Å². The van der Waals surface area contributed by atoms with Crippen LogP contribution < -0.4 is 5.32 Å². The number of likely N-dealkylation sites (N-methyl/N-ethyl adjacent to an activating group) is 1.